The number of rotatable bonds is 0. The van der Waals surface area contributed by atoms with Crippen LogP contribution in [0.3, 0.4) is 0 Å². The Kier molecular flexibility index (Phi) is 5.77. The van der Waals surface area contributed by atoms with Gasteiger partial charge in [-0.25, -0.2) is 0 Å². The molecule has 0 heterocycles. The van der Waals surface area contributed by atoms with Gasteiger partial charge in [0.05, 0.1) is 0 Å². The molecular weight excluding hydrogens is 304 g/mol. The lowest BCUT2D eigenvalue weighted by Gasteiger charge is -2.12. The van der Waals surface area contributed by atoms with E-state index in [2.05, 4.69) is 0 Å². The first-order valence-corrected chi connectivity index (χ1v) is 7.89. The van der Waals surface area contributed by atoms with Crippen molar-refractivity contribution < 1.29 is 20.4 Å². The van der Waals surface area contributed by atoms with Crippen LogP contribution in [0.1, 0.15) is 44.5 Å². The van der Waals surface area contributed by atoms with Crippen LogP contribution in [-0.4, -0.2) is 20.4 Å². The van der Waals surface area contributed by atoms with Gasteiger partial charge in [0.25, 0.3) is 0 Å². The van der Waals surface area contributed by atoms with E-state index in [9.17, 15) is 20.4 Å². The topological polar surface area (TPSA) is 80.9 Å². The lowest BCUT2D eigenvalue weighted by molar-refractivity contribution is 0.397. The molecule has 0 radical (unpaired) electrons. The molecule has 0 saturated carbocycles. The zero-order valence-electron chi connectivity index (χ0n) is 15.8. The number of hydrogen-bond donors (Lipinski definition) is 4. The van der Waals surface area contributed by atoms with Crippen molar-refractivity contribution in [3.05, 3.63) is 44.5 Å². The largest absolute Gasteiger partial charge is 0.507 e. The van der Waals surface area contributed by atoms with Gasteiger partial charge >= 0.3 is 0 Å². The van der Waals surface area contributed by atoms with Crippen molar-refractivity contribution in [3.8, 4) is 23.0 Å². The molecule has 24 heavy (non-hydrogen) atoms. The maximum absolute atomic E-state index is 9.58. The van der Waals surface area contributed by atoms with E-state index < -0.39 is 0 Å². The van der Waals surface area contributed by atoms with Crippen LogP contribution in [0.5, 0.6) is 23.0 Å². The molecule has 2 rings (SSSR count). The minimum atomic E-state index is 0.00981. The lowest BCUT2D eigenvalue weighted by atomic mass is 9.98. The van der Waals surface area contributed by atoms with Gasteiger partial charge in [-0.05, 0) is 99.9 Å². The molecule has 0 aliphatic carbocycles. The van der Waals surface area contributed by atoms with Crippen molar-refractivity contribution in [2.24, 2.45) is 0 Å². The van der Waals surface area contributed by atoms with E-state index in [0.29, 0.717) is 11.5 Å². The van der Waals surface area contributed by atoms with Gasteiger partial charge < -0.3 is 20.4 Å². The van der Waals surface area contributed by atoms with Crippen LogP contribution in [0.15, 0.2) is 0 Å². The molecule has 2 aromatic rings. The van der Waals surface area contributed by atoms with Crippen LogP contribution in [0.2, 0.25) is 0 Å². The predicted molar refractivity (Wildman–Crippen MR) is 97.4 cm³/mol. The maximum atomic E-state index is 9.58. The standard InChI is InChI=1S/2C10H14O2/c1-5-6(2)10(12)8(4)7(3)9(5)11;1-5-6(2)8(4)10(12)9(11)7(5)3/h2*11-12H,1-4H3. The second kappa shape index (κ2) is 7.04. The molecule has 0 aromatic heterocycles. The van der Waals surface area contributed by atoms with Crippen LogP contribution in [0.25, 0.3) is 0 Å². The predicted octanol–water partition coefficient (Wildman–Crippen LogP) is 4.66. The number of phenols is 4. The second-order valence-electron chi connectivity index (χ2n) is 6.39. The van der Waals surface area contributed by atoms with E-state index in [1.807, 2.05) is 13.8 Å². The Labute approximate surface area is 144 Å². The average Bonchev–Trinajstić information content (AvgIpc) is 2.58. The van der Waals surface area contributed by atoms with Crippen LogP contribution >= 0.6 is 0 Å². The van der Waals surface area contributed by atoms with Gasteiger partial charge in [0, 0.05) is 0 Å². The Morgan fingerprint density at radius 1 is 0.292 bits per heavy atom. The van der Waals surface area contributed by atoms with Crippen molar-refractivity contribution >= 4 is 0 Å². The average molecular weight is 332 g/mol. The number of aromatic hydroxyl groups is 4. The Balaban J connectivity index is 0.000000240. The summed E-state index contributed by atoms with van der Waals surface area (Å²) in [5, 5.41) is 38.0. The summed E-state index contributed by atoms with van der Waals surface area (Å²) < 4.78 is 0. The van der Waals surface area contributed by atoms with Gasteiger partial charge in [-0.1, -0.05) is 0 Å². The van der Waals surface area contributed by atoms with E-state index in [1.165, 1.54) is 0 Å². The Morgan fingerprint density at radius 3 is 0.667 bits per heavy atom. The summed E-state index contributed by atoms with van der Waals surface area (Å²) in [5.74, 6) is 0.608. The van der Waals surface area contributed by atoms with Crippen molar-refractivity contribution in [3.63, 3.8) is 0 Å². The van der Waals surface area contributed by atoms with E-state index in [4.69, 9.17) is 0 Å². The molecule has 0 bridgehead atoms. The van der Waals surface area contributed by atoms with E-state index >= 15 is 0 Å². The Hall–Kier alpha value is -2.36. The number of hydrogen-bond acceptors (Lipinski definition) is 4. The van der Waals surface area contributed by atoms with Crippen LogP contribution in [0, 0.1) is 55.4 Å². The minimum Gasteiger partial charge on any atom is -0.507 e. The van der Waals surface area contributed by atoms with Crippen molar-refractivity contribution in [2.45, 2.75) is 55.4 Å². The van der Waals surface area contributed by atoms with E-state index in [-0.39, 0.29) is 11.5 Å². The summed E-state index contributed by atoms with van der Waals surface area (Å²) in [4.78, 5) is 0. The molecule has 4 nitrogen and oxygen atoms in total. The zero-order valence-corrected chi connectivity index (χ0v) is 15.8. The Morgan fingerprint density at radius 2 is 0.458 bits per heavy atom. The van der Waals surface area contributed by atoms with Crippen LogP contribution < -0.4 is 0 Å². The highest BCUT2D eigenvalue weighted by atomic mass is 16.3. The van der Waals surface area contributed by atoms with Crippen LogP contribution in [-0.2, 0) is 0 Å². The highest BCUT2D eigenvalue weighted by molar-refractivity contribution is 5.57. The maximum Gasteiger partial charge on any atom is 0.160 e. The first kappa shape index (κ1) is 19.7. The lowest BCUT2D eigenvalue weighted by Crippen LogP contribution is -1.92. The smallest absolute Gasteiger partial charge is 0.160 e. The minimum absolute atomic E-state index is 0.00981. The summed E-state index contributed by atoms with van der Waals surface area (Å²) in [6.07, 6.45) is 0. The third-order valence-corrected chi connectivity index (χ3v) is 5.17. The molecule has 0 fully saturated rings. The molecule has 0 saturated heterocycles. The fraction of sp³-hybridized carbons (Fsp3) is 0.400. The van der Waals surface area contributed by atoms with Gasteiger partial charge in [-0.15, -0.1) is 0 Å². The molecule has 0 aliphatic heterocycles. The van der Waals surface area contributed by atoms with Gasteiger partial charge in [0.15, 0.2) is 11.5 Å². The quantitative estimate of drug-likeness (QED) is 0.418. The van der Waals surface area contributed by atoms with Gasteiger partial charge in [0.2, 0.25) is 0 Å². The molecular formula is C20H28O4. The van der Waals surface area contributed by atoms with Crippen molar-refractivity contribution in [1.82, 2.24) is 0 Å². The third-order valence-electron chi connectivity index (χ3n) is 5.17. The fourth-order valence-corrected chi connectivity index (χ4v) is 2.55. The molecule has 0 aliphatic rings. The molecule has 0 amide bonds. The normalized spacial score (nSPS) is 10.3. The molecule has 4 N–H and O–H groups in total. The van der Waals surface area contributed by atoms with E-state index in [1.54, 1.807) is 41.5 Å². The highest BCUT2D eigenvalue weighted by Gasteiger charge is 2.13. The molecule has 132 valence electrons. The zero-order chi connectivity index (χ0) is 18.9. The van der Waals surface area contributed by atoms with Gasteiger partial charge in [-0.3, -0.25) is 0 Å². The molecule has 0 unspecified atom stereocenters. The molecule has 0 atom stereocenters. The third kappa shape index (κ3) is 3.28. The molecule has 4 heteroatoms. The fourth-order valence-electron chi connectivity index (χ4n) is 2.55. The first-order valence-electron chi connectivity index (χ1n) is 7.89. The summed E-state index contributed by atoms with van der Waals surface area (Å²) in [7, 11) is 0. The summed E-state index contributed by atoms with van der Waals surface area (Å²) in [6, 6.07) is 0. The van der Waals surface area contributed by atoms with E-state index in [0.717, 1.165) is 44.5 Å². The monoisotopic (exact) mass is 332 g/mol. The number of phenolic OH excluding ortho intramolecular Hbond substituents is 4. The highest BCUT2D eigenvalue weighted by Crippen LogP contribution is 2.37. The SMILES string of the molecule is Cc1c(C)c(C)c(O)c(O)c1C.Cc1c(C)c(O)c(C)c(C)c1O. The summed E-state index contributed by atoms with van der Waals surface area (Å²) in [6.45, 7) is 14.7. The van der Waals surface area contributed by atoms with Gasteiger partial charge in [-0.2, -0.15) is 0 Å². The van der Waals surface area contributed by atoms with Crippen LogP contribution in [0.4, 0.5) is 0 Å². The molecule has 0 spiro atoms. The van der Waals surface area contributed by atoms with Crippen molar-refractivity contribution in [2.75, 3.05) is 0 Å². The van der Waals surface area contributed by atoms with Gasteiger partial charge in [0.1, 0.15) is 11.5 Å². The number of benzene rings is 2. The first-order chi connectivity index (χ1) is 10.9. The summed E-state index contributed by atoms with van der Waals surface area (Å²) >= 11 is 0. The molecule has 2 aromatic carbocycles. The Bertz CT molecular complexity index is 512. The second-order valence-corrected chi connectivity index (χ2v) is 6.39. The summed E-state index contributed by atoms with van der Waals surface area (Å²) in [5.41, 5.74) is 6.65. The van der Waals surface area contributed by atoms with Crippen molar-refractivity contribution in [1.29, 1.82) is 0 Å².